The summed E-state index contributed by atoms with van der Waals surface area (Å²) in [6.07, 6.45) is 0.521. The monoisotopic (exact) mass is 342 g/mol. The summed E-state index contributed by atoms with van der Waals surface area (Å²) >= 11 is 0. The van der Waals surface area contributed by atoms with E-state index in [2.05, 4.69) is 5.32 Å². The van der Waals surface area contributed by atoms with Crippen molar-refractivity contribution in [1.29, 1.82) is 0 Å². The lowest BCUT2D eigenvalue weighted by Gasteiger charge is -2.22. The lowest BCUT2D eigenvalue weighted by atomic mass is 9.92. The summed E-state index contributed by atoms with van der Waals surface area (Å²) in [6.45, 7) is 2.28. The fourth-order valence-electron chi connectivity index (χ4n) is 2.81. The van der Waals surface area contributed by atoms with Crippen LogP contribution in [0.5, 0.6) is 5.75 Å². The molecular weight excluding hydrogens is 323 g/mol. The van der Waals surface area contributed by atoms with E-state index in [0.717, 1.165) is 5.75 Å². The van der Waals surface area contributed by atoms with Gasteiger partial charge < -0.3 is 10.1 Å². The van der Waals surface area contributed by atoms with Gasteiger partial charge in [-0.15, -0.1) is 0 Å². The number of nitrogens with zero attached hydrogens (tertiary/aromatic N) is 1. The number of halogens is 1. The van der Waals surface area contributed by atoms with Gasteiger partial charge in [-0.05, 0) is 43.2 Å². The van der Waals surface area contributed by atoms with Gasteiger partial charge >= 0.3 is 6.03 Å². The number of benzene rings is 2. The number of amides is 3. The molecule has 1 fully saturated rings. The average molecular weight is 342 g/mol. The van der Waals surface area contributed by atoms with E-state index >= 15 is 0 Å². The highest BCUT2D eigenvalue weighted by atomic mass is 19.1. The summed E-state index contributed by atoms with van der Waals surface area (Å²) < 4.78 is 18.7. The molecule has 2 aromatic rings. The molecule has 1 heterocycles. The Bertz CT molecular complexity index is 764. The van der Waals surface area contributed by atoms with Crippen LogP contribution in [0.25, 0.3) is 0 Å². The maximum Gasteiger partial charge on any atom is 0.325 e. The molecule has 5 nitrogen and oxygen atoms in total. The van der Waals surface area contributed by atoms with Crippen LogP contribution in [0.1, 0.15) is 18.9 Å². The van der Waals surface area contributed by atoms with Crippen molar-refractivity contribution in [1.82, 2.24) is 10.2 Å². The Hall–Kier alpha value is -2.89. The maximum absolute atomic E-state index is 13.1. The lowest BCUT2D eigenvalue weighted by Crippen LogP contribution is -2.41. The van der Waals surface area contributed by atoms with Crippen LogP contribution in [-0.2, 0) is 10.3 Å². The Morgan fingerprint density at radius 1 is 1.08 bits per heavy atom. The molecule has 1 saturated heterocycles. The van der Waals surface area contributed by atoms with Gasteiger partial charge in [0.15, 0.2) is 0 Å². The minimum Gasteiger partial charge on any atom is -0.494 e. The van der Waals surface area contributed by atoms with Crippen molar-refractivity contribution < 1.29 is 18.7 Å². The number of hydrogen-bond acceptors (Lipinski definition) is 3. The Morgan fingerprint density at radius 3 is 2.44 bits per heavy atom. The molecule has 0 aliphatic carbocycles. The van der Waals surface area contributed by atoms with Crippen LogP contribution in [0.15, 0.2) is 54.6 Å². The van der Waals surface area contributed by atoms with Crippen molar-refractivity contribution in [3.8, 4) is 5.75 Å². The molecular formula is C19H19FN2O3. The van der Waals surface area contributed by atoms with Crippen LogP contribution in [0.4, 0.5) is 9.18 Å². The van der Waals surface area contributed by atoms with E-state index in [-0.39, 0.29) is 18.3 Å². The standard InChI is InChI=1S/C19H19FN2O3/c1-19(14-8-10-15(20)11-9-14)17(23)22(18(24)21-19)12-5-13-25-16-6-3-2-4-7-16/h2-4,6-11H,5,12-13H2,1H3,(H,21,24). The summed E-state index contributed by atoms with van der Waals surface area (Å²) in [4.78, 5) is 26.1. The van der Waals surface area contributed by atoms with Crippen molar-refractivity contribution >= 4 is 11.9 Å². The van der Waals surface area contributed by atoms with Gasteiger partial charge in [0.25, 0.3) is 5.91 Å². The van der Waals surface area contributed by atoms with Gasteiger partial charge in [-0.3, -0.25) is 9.69 Å². The number of urea groups is 1. The van der Waals surface area contributed by atoms with E-state index in [0.29, 0.717) is 18.6 Å². The van der Waals surface area contributed by atoms with Gasteiger partial charge in [0.2, 0.25) is 0 Å². The SMILES string of the molecule is CC1(c2ccc(F)cc2)NC(=O)N(CCCOc2ccccc2)C1=O. The minimum atomic E-state index is -1.18. The number of carbonyl (C=O) groups is 2. The number of imide groups is 1. The summed E-state index contributed by atoms with van der Waals surface area (Å²) in [6, 6.07) is 14.5. The first-order valence-electron chi connectivity index (χ1n) is 8.09. The molecule has 3 rings (SSSR count). The Labute approximate surface area is 145 Å². The number of para-hydroxylation sites is 1. The van der Waals surface area contributed by atoms with Gasteiger partial charge in [0.1, 0.15) is 17.1 Å². The summed E-state index contributed by atoms with van der Waals surface area (Å²) in [5.41, 5.74) is -0.624. The molecule has 0 aromatic heterocycles. The molecule has 1 aliphatic heterocycles. The minimum absolute atomic E-state index is 0.258. The summed E-state index contributed by atoms with van der Waals surface area (Å²) in [7, 11) is 0. The lowest BCUT2D eigenvalue weighted by molar-refractivity contribution is -0.131. The fourth-order valence-corrected chi connectivity index (χ4v) is 2.81. The van der Waals surface area contributed by atoms with Crippen molar-refractivity contribution in [2.24, 2.45) is 0 Å². The predicted octanol–water partition coefficient (Wildman–Crippen LogP) is 3.06. The third kappa shape index (κ3) is 3.47. The van der Waals surface area contributed by atoms with Gasteiger partial charge in [0, 0.05) is 6.54 Å². The first-order valence-corrected chi connectivity index (χ1v) is 8.09. The molecule has 2 aromatic carbocycles. The number of nitrogens with one attached hydrogen (secondary N) is 1. The van der Waals surface area contributed by atoms with E-state index in [1.807, 2.05) is 30.3 Å². The Balaban J connectivity index is 1.60. The average Bonchev–Trinajstić information content (AvgIpc) is 2.83. The highest BCUT2D eigenvalue weighted by molar-refractivity contribution is 6.07. The zero-order valence-corrected chi connectivity index (χ0v) is 13.9. The molecule has 1 N–H and O–H groups in total. The second kappa shape index (κ2) is 6.93. The first kappa shape index (κ1) is 17.0. The number of hydrogen-bond donors (Lipinski definition) is 1. The van der Waals surface area contributed by atoms with Crippen LogP contribution >= 0.6 is 0 Å². The molecule has 1 unspecified atom stereocenters. The molecule has 130 valence electrons. The third-order valence-electron chi connectivity index (χ3n) is 4.23. The predicted molar refractivity (Wildman–Crippen MR) is 90.6 cm³/mol. The zero-order chi connectivity index (χ0) is 17.9. The fraction of sp³-hybridized carbons (Fsp3) is 0.263. The quantitative estimate of drug-likeness (QED) is 0.648. The topological polar surface area (TPSA) is 58.6 Å². The van der Waals surface area contributed by atoms with Crippen molar-refractivity contribution in [3.05, 3.63) is 66.0 Å². The van der Waals surface area contributed by atoms with E-state index in [4.69, 9.17) is 4.74 Å². The highest BCUT2D eigenvalue weighted by Gasteiger charge is 2.48. The smallest absolute Gasteiger partial charge is 0.325 e. The highest BCUT2D eigenvalue weighted by Crippen LogP contribution is 2.29. The van der Waals surface area contributed by atoms with Gasteiger partial charge in [0.05, 0.1) is 6.61 Å². The number of rotatable bonds is 6. The van der Waals surface area contributed by atoms with Gasteiger partial charge in [-0.1, -0.05) is 30.3 Å². The maximum atomic E-state index is 13.1. The zero-order valence-electron chi connectivity index (χ0n) is 13.9. The third-order valence-corrected chi connectivity index (χ3v) is 4.23. The van der Waals surface area contributed by atoms with Crippen molar-refractivity contribution in [2.45, 2.75) is 18.9 Å². The van der Waals surface area contributed by atoms with Crippen LogP contribution in [-0.4, -0.2) is 30.0 Å². The summed E-state index contributed by atoms with van der Waals surface area (Å²) in [5, 5.41) is 2.70. The molecule has 0 radical (unpaired) electrons. The second-order valence-corrected chi connectivity index (χ2v) is 6.03. The second-order valence-electron chi connectivity index (χ2n) is 6.03. The van der Waals surface area contributed by atoms with Crippen LogP contribution in [0, 0.1) is 5.82 Å². The van der Waals surface area contributed by atoms with E-state index in [9.17, 15) is 14.0 Å². The van der Waals surface area contributed by atoms with E-state index in [1.54, 1.807) is 6.92 Å². The van der Waals surface area contributed by atoms with Gasteiger partial charge in [-0.25, -0.2) is 9.18 Å². The Kier molecular flexibility index (Phi) is 4.70. The molecule has 0 saturated carbocycles. The van der Waals surface area contributed by atoms with Crippen LogP contribution in [0.2, 0.25) is 0 Å². The summed E-state index contributed by atoms with van der Waals surface area (Å²) in [5.74, 6) is 0.0127. The molecule has 0 spiro atoms. The van der Waals surface area contributed by atoms with E-state index in [1.165, 1.54) is 29.2 Å². The number of ether oxygens (including phenoxy) is 1. The molecule has 1 atom stereocenters. The van der Waals surface area contributed by atoms with Crippen molar-refractivity contribution in [3.63, 3.8) is 0 Å². The van der Waals surface area contributed by atoms with Crippen LogP contribution < -0.4 is 10.1 Å². The normalized spacial score (nSPS) is 19.8. The number of carbonyl (C=O) groups excluding carboxylic acids is 2. The molecule has 3 amide bonds. The van der Waals surface area contributed by atoms with Crippen molar-refractivity contribution in [2.75, 3.05) is 13.2 Å². The first-order chi connectivity index (χ1) is 12.0. The van der Waals surface area contributed by atoms with Crippen LogP contribution in [0.3, 0.4) is 0 Å². The largest absolute Gasteiger partial charge is 0.494 e. The van der Waals surface area contributed by atoms with E-state index < -0.39 is 11.6 Å². The van der Waals surface area contributed by atoms with Gasteiger partial charge in [-0.2, -0.15) is 0 Å². The Morgan fingerprint density at radius 2 is 1.76 bits per heavy atom. The molecule has 1 aliphatic rings. The molecule has 0 bridgehead atoms. The molecule has 25 heavy (non-hydrogen) atoms. The molecule has 6 heteroatoms.